The second-order valence-electron chi connectivity index (χ2n) is 4.93. The third-order valence-corrected chi connectivity index (χ3v) is 5.53. The SMILES string of the molecule is CCOC(=O)[C@@]12CCN(c3nc(Br)cs3)C[C@@H]1C2. The van der Waals surface area contributed by atoms with Crippen LogP contribution in [0, 0.1) is 11.3 Å². The van der Waals surface area contributed by atoms with Crippen LogP contribution in [0.1, 0.15) is 19.8 Å². The number of thiazole rings is 1. The van der Waals surface area contributed by atoms with Crippen molar-refractivity contribution in [3.63, 3.8) is 0 Å². The highest BCUT2D eigenvalue weighted by molar-refractivity contribution is 9.10. The number of hydrogen-bond donors (Lipinski definition) is 0. The highest BCUT2D eigenvalue weighted by Crippen LogP contribution is 2.59. The molecule has 1 saturated heterocycles. The lowest BCUT2D eigenvalue weighted by Gasteiger charge is -2.30. The normalized spacial score (nSPS) is 29.9. The molecule has 1 aromatic heterocycles. The Morgan fingerprint density at radius 1 is 1.78 bits per heavy atom. The maximum Gasteiger partial charge on any atom is 0.312 e. The molecule has 2 atom stereocenters. The molecule has 0 spiro atoms. The summed E-state index contributed by atoms with van der Waals surface area (Å²) in [4.78, 5) is 18.7. The number of anilines is 1. The molecule has 0 radical (unpaired) electrons. The van der Waals surface area contributed by atoms with Crippen molar-refractivity contribution in [2.75, 3.05) is 24.6 Å². The summed E-state index contributed by atoms with van der Waals surface area (Å²) < 4.78 is 6.08. The molecule has 98 valence electrons. The van der Waals surface area contributed by atoms with Gasteiger partial charge in [-0.3, -0.25) is 4.79 Å². The number of rotatable bonds is 3. The first-order chi connectivity index (χ1) is 8.65. The number of ether oxygens (including phenoxy) is 1. The van der Waals surface area contributed by atoms with E-state index in [1.165, 1.54) is 0 Å². The van der Waals surface area contributed by atoms with Crippen LogP contribution in [0.15, 0.2) is 9.98 Å². The molecule has 3 rings (SSSR count). The van der Waals surface area contributed by atoms with Crippen molar-refractivity contribution in [3.05, 3.63) is 9.98 Å². The molecular formula is C12H15BrN2O2S. The van der Waals surface area contributed by atoms with Gasteiger partial charge in [-0.15, -0.1) is 11.3 Å². The summed E-state index contributed by atoms with van der Waals surface area (Å²) >= 11 is 5.02. The summed E-state index contributed by atoms with van der Waals surface area (Å²) in [6, 6.07) is 0. The number of halogens is 1. The summed E-state index contributed by atoms with van der Waals surface area (Å²) in [5.74, 6) is 0.461. The van der Waals surface area contributed by atoms with E-state index in [-0.39, 0.29) is 11.4 Å². The topological polar surface area (TPSA) is 42.4 Å². The number of nitrogens with zero attached hydrogens (tertiary/aromatic N) is 2. The van der Waals surface area contributed by atoms with Crippen LogP contribution in [0.25, 0.3) is 0 Å². The van der Waals surface area contributed by atoms with E-state index in [0.29, 0.717) is 12.5 Å². The maximum absolute atomic E-state index is 11.9. The summed E-state index contributed by atoms with van der Waals surface area (Å²) in [6.07, 6.45) is 1.88. The van der Waals surface area contributed by atoms with Gasteiger partial charge in [-0.05, 0) is 41.6 Å². The zero-order valence-corrected chi connectivity index (χ0v) is 12.6. The lowest BCUT2D eigenvalue weighted by Crippen LogP contribution is -2.38. The van der Waals surface area contributed by atoms with Crippen molar-refractivity contribution in [1.29, 1.82) is 0 Å². The Morgan fingerprint density at radius 2 is 2.61 bits per heavy atom. The summed E-state index contributed by atoms with van der Waals surface area (Å²) in [7, 11) is 0. The standard InChI is InChI=1S/C12H15BrN2O2S/c1-2-17-10(16)12-3-4-15(6-8(12)5-12)11-14-9(13)7-18-11/h7-8H,2-6H2,1H3/t8-,12+/m0/s1. The monoisotopic (exact) mass is 330 g/mol. The minimum Gasteiger partial charge on any atom is -0.466 e. The molecule has 0 amide bonds. The van der Waals surface area contributed by atoms with Crippen LogP contribution in [0.2, 0.25) is 0 Å². The van der Waals surface area contributed by atoms with Gasteiger partial charge in [0, 0.05) is 18.5 Å². The molecule has 2 heterocycles. The van der Waals surface area contributed by atoms with Crippen LogP contribution in [-0.2, 0) is 9.53 Å². The molecule has 2 fully saturated rings. The van der Waals surface area contributed by atoms with Crippen molar-refractivity contribution in [3.8, 4) is 0 Å². The lowest BCUT2D eigenvalue weighted by atomic mass is 9.95. The second-order valence-corrected chi connectivity index (χ2v) is 6.58. The molecule has 6 heteroatoms. The maximum atomic E-state index is 11.9. The molecule has 1 saturated carbocycles. The Bertz CT molecular complexity index is 478. The van der Waals surface area contributed by atoms with Crippen LogP contribution in [0.4, 0.5) is 5.13 Å². The van der Waals surface area contributed by atoms with Crippen LogP contribution in [0.5, 0.6) is 0 Å². The molecule has 1 aromatic rings. The van der Waals surface area contributed by atoms with Gasteiger partial charge < -0.3 is 9.64 Å². The summed E-state index contributed by atoms with van der Waals surface area (Å²) in [6.45, 7) is 4.18. The quantitative estimate of drug-likeness (QED) is 0.799. The van der Waals surface area contributed by atoms with Crippen LogP contribution < -0.4 is 4.90 Å². The van der Waals surface area contributed by atoms with Crippen molar-refractivity contribution < 1.29 is 9.53 Å². The average molecular weight is 331 g/mol. The third kappa shape index (κ3) is 1.95. The molecule has 1 aliphatic carbocycles. The van der Waals surface area contributed by atoms with Gasteiger partial charge in [-0.25, -0.2) is 4.98 Å². The van der Waals surface area contributed by atoms with Crippen LogP contribution in [0.3, 0.4) is 0 Å². The number of hydrogen-bond acceptors (Lipinski definition) is 5. The summed E-state index contributed by atoms with van der Waals surface area (Å²) in [5, 5.41) is 3.04. The largest absolute Gasteiger partial charge is 0.466 e. The molecule has 0 bridgehead atoms. The van der Waals surface area contributed by atoms with Gasteiger partial charge >= 0.3 is 5.97 Å². The van der Waals surface area contributed by atoms with E-state index >= 15 is 0 Å². The molecule has 0 N–H and O–H groups in total. The minimum atomic E-state index is -0.166. The third-order valence-electron chi connectivity index (χ3n) is 3.92. The Balaban J connectivity index is 1.67. The number of carbonyl (C=O) groups excluding carboxylic acids is 1. The number of fused-ring (bicyclic) bond motifs is 1. The lowest BCUT2D eigenvalue weighted by molar-refractivity contribution is -0.150. The fraction of sp³-hybridized carbons (Fsp3) is 0.667. The van der Waals surface area contributed by atoms with E-state index in [1.807, 2.05) is 12.3 Å². The van der Waals surface area contributed by atoms with Crippen LogP contribution in [-0.4, -0.2) is 30.6 Å². The summed E-state index contributed by atoms with van der Waals surface area (Å²) in [5.41, 5.74) is -0.166. The van der Waals surface area contributed by atoms with Gasteiger partial charge in [0.05, 0.1) is 12.0 Å². The molecule has 0 unspecified atom stereocenters. The Kier molecular flexibility index (Phi) is 3.10. The van der Waals surface area contributed by atoms with E-state index in [2.05, 4.69) is 25.8 Å². The Hall–Kier alpha value is -0.620. The highest BCUT2D eigenvalue weighted by atomic mass is 79.9. The number of carbonyl (C=O) groups is 1. The zero-order chi connectivity index (χ0) is 12.8. The zero-order valence-electron chi connectivity index (χ0n) is 10.2. The molecular weight excluding hydrogens is 316 g/mol. The van der Waals surface area contributed by atoms with E-state index in [9.17, 15) is 4.79 Å². The van der Waals surface area contributed by atoms with Crippen molar-refractivity contribution in [2.24, 2.45) is 11.3 Å². The Labute approximate surface area is 118 Å². The number of aromatic nitrogens is 1. The van der Waals surface area contributed by atoms with Crippen molar-refractivity contribution in [2.45, 2.75) is 19.8 Å². The van der Waals surface area contributed by atoms with Gasteiger partial charge in [-0.1, -0.05) is 0 Å². The predicted molar refractivity (Wildman–Crippen MR) is 73.8 cm³/mol. The fourth-order valence-corrected chi connectivity index (χ4v) is 4.10. The molecule has 4 nitrogen and oxygen atoms in total. The molecule has 18 heavy (non-hydrogen) atoms. The first-order valence-corrected chi connectivity index (χ1v) is 7.86. The van der Waals surface area contributed by atoms with Gasteiger partial charge in [0.15, 0.2) is 5.13 Å². The first kappa shape index (κ1) is 12.4. The van der Waals surface area contributed by atoms with Gasteiger partial charge in [0.25, 0.3) is 0 Å². The van der Waals surface area contributed by atoms with Gasteiger partial charge in [0.2, 0.25) is 0 Å². The minimum absolute atomic E-state index is 0.00923. The number of esters is 1. The first-order valence-electron chi connectivity index (χ1n) is 6.19. The predicted octanol–water partition coefficient (Wildman–Crippen LogP) is 2.69. The van der Waals surface area contributed by atoms with Gasteiger partial charge in [-0.2, -0.15) is 0 Å². The molecule has 0 aromatic carbocycles. The van der Waals surface area contributed by atoms with Gasteiger partial charge in [0.1, 0.15) is 4.60 Å². The molecule has 1 aliphatic heterocycles. The van der Waals surface area contributed by atoms with Crippen LogP contribution >= 0.6 is 27.3 Å². The second kappa shape index (κ2) is 4.49. The van der Waals surface area contributed by atoms with E-state index in [0.717, 1.165) is 35.7 Å². The van der Waals surface area contributed by atoms with E-state index in [4.69, 9.17) is 4.74 Å². The number of piperidine rings is 1. The van der Waals surface area contributed by atoms with Crippen molar-refractivity contribution in [1.82, 2.24) is 4.98 Å². The smallest absolute Gasteiger partial charge is 0.312 e. The van der Waals surface area contributed by atoms with Crippen molar-refractivity contribution >= 4 is 38.4 Å². The Morgan fingerprint density at radius 3 is 3.22 bits per heavy atom. The fourth-order valence-electron chi connectivity index (χ4n) is 2.81. The highest BCUT2D eigenvalue weighted by Gasteiger charge is 2.63. The van der Waals surface area contributed by atoms with E-state index < -0.39 is 0 Å². The average Bonchev–Trinajstić information content (AvgIpc) is 2.96. The van der Waals surface area contributed by atoms with E-state index in [1.54, 1.807) is 11.3 Å². The molecule has 2 aliphatic rings.